The quantitative estimate of drug-likeness (QED) is 0.804. The zero-order valence-corrected chi connectivity index (χ0v) is 16.3. The van der Waals surface area contributed by atoms with E-state index in [9.17, 15) is 9.59 Å². The van der Waals surface area contributed by atoms with Crippen LogP contribution in [0.4, 0.5) is 0 Å². The first-order valence-corrected chi connectivity index (χ1v) is 9.78. The monoisotopic (exact) mass is 371 g/mol. The predicted molar refractivity (Wildman–Crippen MR) is 104 cm³/mol. The Kier molecular flexibility index (Phi) is 6.45. The van der Waals surface area contributed by atoms with Crippen LogP contribution in [0.25, 0.3) is 0 Å². The summed E-state index contributed by atoms with van der Waals surface area (Å²) in [5.41, 5.74) is 2.91. The maximum Gasteiger partial charge on any atom is 0.250 e. The molecule has 1 aliphatic heterocycles. The number of amides is 1. The van der Waals surface area contributed by atoms with Crippen molar-refractivity contribution in [1.29, 1.82) is 0 Å². The Balaban J connectivity index is 1.52. The highest BCUT2D eigenvalue weighted by Gasteiger charge is 2.16. The van der Waals surface area contributed by atoms with Crippen molar-refractivity contribution in [2.24, 2.45) is 0 Å². The molecule has 0 aliphatic carbocycles. The average Bonchev–Trinajstić information content (AvgIpc) is 2.92. The van der Waals surface area contributed by atoms with Crippen molar-refractivity contribution in [3.8, 4) is 0 Å². The van der Waals surface area contributed by atoms with E-state index in [2.05, 4.69) is 33.0 Å². The van der Waals surface area contributed by atoms with Crippen molar-refractivity contribution < 1.29 is 4.79 Å². The molecule has 2 aromatic rings. The highest BCUT2D eigenvalue weighted by atomic mass is 16.1. The molecule has 1 amide bonds. The van der Waals surface area contributed by atoms with E-state index < -0.39 is 0 Å². The lowest BCUT2D eigenvalue weighted by Gasteiger charge is -2.17. The van der Waals surface area contributed by atoms with Gasteiger partial charge in [0.2, 0.25) is 5.91 Å². The summed E-state index contributed by atoms with van der Waals surface area (Å²) in [6, 6.07) is 7.23. The molecule has 7 heteroatoms. The maximum atomic E-state index is 12.2. The van der Waals surface area contributed by atoms with Gasteiger partial charge in [0.1, 0.15) is 0 Å². The van der Waals surface area contributed by atoms with Gasteiger partial charge in [-0.1, -0.05) is 13.0 Å². The summed E-state index contributed by atoms with van der Waals surface area (Å²) in [7, 11) is 0. The highest BCUT2D eigenvalue weighted by Crippen LogP contribution is 2.14. The first-order chi connectivity index (χ1) is 13.1. The Morgan fingerprint density at radius 3 is 2.89 bits per heavy atom. The van der Waals surface area contributed by atoms with E-state index in [1.54, 1.807) is 10.6 Å². The van der Waals surface area contributed by atoms with Gasteiger partial charge in [0, 0.05) is 44.4 Å². The second-order valence-corrected chi connectivity index (χ2v) is 7.16. The normalized spacial score (nSPS) is 14.6. The number of nitrogens with one attached hydrogen (secondary N) is 1. The van der Waals surface area contributed by atoms with Crippen LogP contribution < -0.4 is 10.9 Å². The van der Waals surface area contributed by atoms with Gasteiger partial charge in [-0.05, 0) is 38.4 Å². The SMILES string of the molecule is CCCN1CCCn2nc(CNC(=O)CCn3c(C)cccc3=O)cc2C1. The molecular formula is C20H29N5O2. The largest absolute Gasteiger partial charge is 0.350 e. The Morgan fingerprint density at radius 1 is 1.26 bits per heavy atom. The van der Waals surface area contributed by atoms with Gasteiger partial charge in [-0.2, -0.15) is 5.10 Å². The number of hydrogen-bond donors (Lipinski definition) is 1. The van der Waals surface area contributed by atoms with E-state index in [1.165, 1.54) is 11.8 Å². The molecule has 0 bridgehead atoms. The van der Waals surface area contributed by atoms with Gasteiger partial charge in [-0.15, -0.1) is 0 Å². The van der Waals surface area contributed by atoms with Crippen molar-refractivity contribution in [3.63, 3.8) is 0 Å². The molecule has 0 saturated heterocycles. The first kappa shape index (κ1) is 19.4. The van der Waals surface area contributed by atoms with Crippen LogP contribution in [0.5, 0.6) is 0 Å². The fourth-order valence-electron chi connectivity index (χ4n) is 3.58. The number of rotatable bonds is 7. The summed E-state index contributed by atoms with van der Waals surface area (Å²) in [6.45, 7) is 8.97. The van der Waals surface area contributed by atoms with Gasteiger partial charge in [0.05, 0.1) is 17.9 Å². The fourth-order valence-corrected chi connectivity index (χ4v) is 3.58. The number of fused-ring (bicyclic) bond motifs is 1. The molecule has 3 rings (SSSR count). The van der Waals surface area contributed by atoms with Crippen molar-refractivity contribution in [2.75, 3.05) is 13.1 Å². The lowest BCUT2D eigenvalue weighted by atomic mass is 10.3. The Labute approximate surface area is 160 Å². The van der Waals surface area contributed by atoms with Gasteiger partial charge >= 0.3 is 0 Å². The van der Waals surface area contributed by atoms with Crippen molar-refractivity contribution in [1.82, 2.24) is 24.6 Å². The third-order valence-corrected chi connectivity index (χ3v) is 4.98. The molecule has 2 aromatic heterocycles. The van der Waals surface area contributed by atoms with Crippen LogP contribution in [-0.4, -0.2) is 38.2 Å². The number of nitrogens with zero attached hydrogens (tertiary/aromatic N) is 4. The number of carbonyl (C=O) groups is 1. The van der Waals surface area contributed by atoms with Crippen LogP contribution >= 0.6 is 0 Å². The van der Waals surface area contributed by atoms with E-state index >= 15 is 0 Å². The average molecular weight is 371 g/mol. The maximum absolute atomic E-state index is 12.2. The summed E-state index contributed by atoms with van der Waals surface area (Å²) < 4.78 is 3.70. The van der Waals surface area contributed by atoms with Gasteiger partial charge in [-0.3, -0.25) is 19.2 Å². The van der Waals surface area contributed by atoms with Crippen LogP contribution in [-0.2, 0) is 31.0 Å². The number of pyridine rings is 1. The third kappa shape index (κ3) is 5.07. The number of aryl methyl sites for hydroxylation is 2. The summed E-state index contributed by atoms with van der Waals surface area (Å²) in [6.07, 6.45) is 2.54. The number of hydrogen-bond acceptors (Lipinski definition) is 4. The highest BCUT2D eigenvalue weighted by molar-refractivity contribution is 5.75. The molecule has 1 N–H and O–H groups in total. The molecule has 0 unspecified atom stereocenters. The van der Waals surface area contributed by atoms with Crippen LogP contribution in [0.1, 0.15) is 43.3 Å². The van der Waals surface area contributed by atoms with E-state index in [1.807, 2.05) is 13.0 Å². The van der Waals surface area contributed by atoms with E-state index in [-0.39, 0.29) is 17.9 Å². The van der Waals surface area contributed by atoms with Gasteiger partial charge in [-0.25, -0.2) is 0 Å². The molecule has 7 nitrogen and oxygen atoms in total. The molecular weight excluding hydrogens is 342 g/mol. The standard InChI is InChI=1S/C20H29N5O2/c1-3-9-23-10-5-11-25-18(15-23)13-17(22-25)14-21-19(26)8-12-24-16(2)6-4-7-20(24)27/h4,6-7,13H,3,5,8-12,14-15H2,1-2H3,(H,21,26). The second-order valence-electron chi connectivity index (χ2n) is 7.16. The molecule has 0 fully saturated rings. The minimum absolute atomic E-state index is 0.0686. The Hall–Kier alpha value is -2.41. The third-order valence-electron chi connectivity index (χ3n) is 4.98. The molecule has 0 radical (unpaired) electrons. The van der Waals surface area contributed by atoms with E-state index in [0.717, 1.165) is 50.4 Å². The molecule has 146 valence electrons. The topological polar surface area (TPSA) is 72.2 Å². The molecule has 0 atom stereocenters. The van der Waals surface area contributed by atoms with Crippen LogP contribution in [0, 0.1) is 6.92 Å². The van der Waals surface area contributed by atoms with Gasteiger partial charge in [0.25, 0.3) is 5.56 Å². The predicted octanol–water partition coefficient (Wildman–Crippen LogP) is 1.68. The Morgan fingerprint density at radius 2 is 2.11 bits per heavy atom. The number of carbonyl (C=O) groups excluding carboxylic acids is 1. The summed E-state index contributed by atoms with van der Waals surface area (Å²) >= 11 is 0. The molecule has 0 saturated carbocycles. The fraction of sp³-hybridized carbons (Fsp3) is 0.550. The summed E-state index contributed by atoms with van der Waals surface area (Å²) in [5, 5.41) is 7.57. The lowest BCUT2D eigenvalue weighted by molar-refractivity contribution is -0.121. The second kappa shape index (κ2) is 8.99. The van der Waals surface area contributed by atoms with Gasteiger partial charge in [0.15, 0.2) is 0 Å². The van der Waals surface area contributed by atoms with E-state index in [0.29, 0.717) is 13.1 Å². The first-order valence-electron chi connectivity index (χ1n) is 9.78. The molecule has 1 aliphatic rings. The number of aromatic nitrogens is 3. The smallest absolute Gasteiger partial charge is 0.250 e. The van der Waals surface area contributed by atoms with Crippen LogP contribution in [0.3, 0.4) is 0 Å². The van der Waals surface area contributed by atoms with Gasteiger partial charge < -0.3 is 9.88 Å². The molecule has 3 heterocycles. The summed E-state index contributed by atoms with van der Waals surface area (Å²) in [4.78, 5) is 26.5. The Bertz CT molecular complexity index is 839. The van der Waals surface area contributed by atoms with Crippen molar-refractivity contribution in [3.05, 3.63) is 51.7 Å². The molecule has 0 spiro atoms. The van der Waals surface area contributed by atoms with Crippen molar-refractivity contribution >= 4 is 5.91 Å². The zero-order valence-electron chi connectivity index (χ0n) is 16.3. The molecule has 27 heavy (non-hydrogen) atoms. The van der Waals surface area contributed by atoms with Crippen LogP contribution in [0.2, 0.25) is 0 Å². The zero-order chi connectivity index (χ0) is 19.2. The lowest BCUT2D eigenvalue weighted by Crippen LogP contribution is -2.27. The van der Waals surface area contributed by atoms with Crippen LogP contribution in [0.15, 0.2) is 29.1 Å². The van der Waals surface area contributed by atoms with E-state index in [4.69, 9.17) is 0 Å². The van der Waals surface area contributed by atoms with Crippen molar-refractivity contribution in [2.45, 2.75) is 59.3 Å². The minimum atomic E-state index is -0.0720. The minimum Gasteiger partial charge on any atom is -0.350 e. The molecule has 0 aromatic carbocycles. The summed E-state index contributed by atoms with van der Waals surface area (Å²) in [5.74, 6) is -0.0686.